The van der Waals surface area contributed by atoms with Gasteiger partial charge >= 0.3 is 5.97 Å². The van der Waals surface area contributed by atoms with Gasteiger partial charge in [-0.15, -0.1) is 0 Å². The van der Waals surface area contributed by atoms with Crippen LogP contribution in [-0.2, 0) is 23.4 Å². The lowest BCUT2D eigenvalue weighted by molar-refractivity contribution is -0.200. The molecule has 2 aliphatic heterocycles. The number of carbonyl (C=O) groups excluding carboxylic acids is 1. The molecule has 2 aliphatic rings. The van der Waals surface area contributed by atoms with Crippen molar-refractivity contribution in [3.63, 3.8) is 0 Å². The summed E-state index contributed by atoms with van der Waals surface area (Å²) in [5.74, 6) is -0.541. The van der Waals surface area contributed by atoms with Gasteiger partial charge < -0.3 is 28.8 Å². The van der Waals surface area contributed by atoms with Crippen LogP contribution in [0, 0.1) is 0 Å². The maximum Gasteiger partial charge on any atom is 0.340 e. The number of fused-ring (bicyclic) bond motifs is 1. The molecule has 0 bridgehead atoms. The van der Waals surface area contributed by atoms with Gasteiger partial charge in [0.25, 0.3) is 0 Å². The number of hydrogen-bond acceptors (Lipinski definition) is 7. The second kappa shape index (κ2) is 6.66. The molecular weight excluding hydrogens is 332 g/mol. The summed E-state index contributed by atoms with van der Waals surface area (Å²) in [6, 6.07) is 0. The Morgan fingerprint density at radius 3 is 2.50 bits per heavy atom. The van der Waals surface area contributed by atoms with Crippen molar-refractivity contribution in [2.24, 2.45) is 0 Å². The van der Waals surface area contributed by atoms with Gasteiger partial charge in [-0.2, -0.15) is 0 Å². The number of esters is 1. The van der Waals surface area contributed by atoms with Crippen molar-refractivity contribution in [2.45, 2.75) is 75.3 Å². The zero-order chi connectivity index (χ0) is 18.3. The molecule has 24 heavy (non-hydrogen) atoms. The molecule has 2 heterocycles. The second-order valence-electron chi connectivity index (χ2n) is 8.25. The van der Waals surface area contributed by atoms with Crippen molar-refractivity contribution in [3.8, 4) is 0 Å². The van der Waals surface area contributed by atoms with E-state index in [9.17, 15) is 15.0 Å². The van der Waals surface area contributed by atoms with E-state index in [1.807, 2.05) is 0 Å². The minimum atomic E-state index is -2.10. The van der Waals surface area contributed by atoms with Gasteiger partial charge in [0.1, 0.15) is 18.3 Å². The third-order valence-corrected chi connectivity index (χ3v) is 9.98. The first-order chi connectivity index (χ1) is 10.9. The second-order valence-corrected chi connectivity index (χ2v) is 13.1. The molecule has 0 amide bonds. The Labute approximate surface area is 144 Å². The van der Waals surface area contributed by atoms with Gasteiger partial charge in [0, 0.05) is 6.42 Å². The van der Waals surface area contributed by atoms with E-state index < -0.39 is 44.3 Å². The molecule has 0 aromatic heterocycles. The fourth-order valence-electron chi connectivity index (χ4n) is 2.79. The largest absolute Gasteiger partial charge is 0.467 e. The quantitative estimate of drug-likeness (QED) is 0.565. The zero-order valence-corrected chi connectivity index (χ0v) is 16.4. The highest BCUT2D eigenvalue weighted by Crippen LogP contribution is 2.41. The maximum atomic E-state index is 12.4. The number of rotatable bonds is 4. The molecule has 0 unspecified atom stereocenters. The standard InChI is InChI=1S/C16H30O7Si/c1-15(2,3)24(5,6)22-9-16(14(19)20-4)7-11-13(23-16)12(18)10(17)8-21-11/h10-13,17-18H,7-9H2,1-6H3/t10-,11+,12-,13-,16-/m0/s1. The van der Waals surface area contributed by atoms with Crippen LogP contribution in [0.1, 0.15) is 27.2 Å². The van der Waals surface area contributed by atoms with Crippen molar-refractivity contribution < 1.29 is 33.6 Å². The summed E-state index contributed by atoms with van der Waals surface area (Å²) in [7, 11) is -0.798. The number of aliphatic hydroxyl groups is 2. The van der Waals surface area contributed by atoms with Crippen LogP contribution in [0.3, 0.4) is 0 Å². The van der Waals surface area contributed by atoms with Gasteiger partial charge in [-0.05, 0) is 18.1 Å². The van der Waals surface area contributed by atoms with E-state index in [1.165, 1.54) is 7.11 Å². The van der Waals surface area contributed by atoms with E-state index in [4.69, 9.17) is 18.6 Å². The third kappa shape index (κ3) is 3.54. The Morgan fingerprint density at radius 2 is 1.96 bits per heavy atom. The topological polar surface area (TPSA) is 94.5 Å². The fourth-order valence-corrected chi connectivity index (χ4v) is 3.82. The van der Waals surface area contributed by atoms with Crippen LogP contribution in [0.4, 0.5) is 0 Å². The molecule has 2 rings (SSSR count). The molecule has 0 aromatic carbocycles. The van der Waals surface area contributed by atoms with Crippen molar-refractivity contribution in [2.75, 3.05) is 20.3 Å². The zero-order valence-electron chi connectivity index (χ0n) is 15.4. The van der Waals surface area contributed by atoms with Crippen molar-refractivity contribution in [1.82, 2.24) is 0 Å². The molecule has 0 aliphatic carbocycles. The molecule has 2 N–H and O–H groups in total. The average Bonchev–Trinajstić information content (AvgIpc) is 2.88. The number of methoxy groups -OCH3 is 1. The van der Waals surface area contributed by atoms with E-state index in [2.05, 4.69) is 33.9 Å². The van der Waals surface area contributed by atoms with Crippen LogP contribution in [0.15, 0.2) is 0 Å². The molecule has 7 nitrogen and oxygen atoms in total. The Hall–Kier alpha value is -0.513. The van der Waals surface area contributed by atoms with E-state index in [0.29, 0.717) is 0 Å². The molecule has 140 valence electrons. The monoisotopic (exact) mass is 362 g/mol. The molecular formula is C16H30O7Si. The molecule has 0 saturated carbocycles. The highest BCUT2D eigenvalue weighted by atomic mass is 28.4. The SMILES string of the molecule is COC(=O)[C@@]1(CO[Si](C)(C)C(C)(C)C)C[C@H]2OC[C@H](O)[C@H](O)[C@H]2O1. The normalized spacial score (nSPS) is 37.2. The van der Waals surface area contributed by atoms with Crippen molar-refractivity contribution in [3.05, 3.63) is 0 Å². The minimum absolute atomic E-state index is 0.0120. The molecule has 5 atom stereocenters. The summed E-state index contributed by atoms with van der Waals surface area (Å²) in [5.41, 5.74) is -1.31. The van der Waals surface area contributed by atoms with Crippen LogP contribution >= 0.6 is 0 Å². The average molecular weight is 362 g/mol. The highest BCUT2D eigenvalue weighted by Gasteiger charge is 2.58. The van der Waals surface area contributed by atoms with Gasteiger partial charge in [-0.25, -0.2) is 4.79 Å². The van der Waals surface area contributed by atoms with E-state index in [-0.39, 0.29) is 24.7 Å². The van der Waals surface area contributed by atoms with Gasteiger partial charge in [0.15, 0.2) is 13.9 Å². The van der Waals surface area contributed by atoms with E-state index in [0.717, 1.165) is 0 Å². The van der Waals surface area contributed by atoms with Crippen molar-refractivity contribution >= 4 is 14.3 Å². The Kier molecular flexibility index (Phi) is 5.50. The number of hydrogen-bond donors (Lipinski definition) is 2. The molecule has 2 saturated heterocycles. The van der Waals surface area contributed by atoms with Crippen LogP contribution in [0.25, 0.3) is 0 Å². The Morgan fingerprint density at radius 1 is 1.33 bits per heavy atom. The first-order valence-electron chi connectivity index (χ1n) is 8.31. The van der Waals surface area contributed by atoms with Crippen LogP contribution < -0.4 is 0 Å². The van der Waals surface area contributed by atoms with Crippen LogP contribution in [0.2, 0.25) is 18.1 Å². The van der Waals surface area contributed by atoms with E-state index in [1.54, 1.807) is 0 Å². The smallest absolute Gasteiger partial charge is 0.340 e. The predicted molar refractivity (Wildman–Crippen MR) is 89.1 cm³/mol. The first kappa shape index (κ1) is 19.8. The van der Waals surface area contributed by atoms with Crippen molar-refractivity contribution in [1.29, 1.82) is 0 Å². The summed E-state index contributed by atoms with van der Waals surface area (Å²) < 4.78 is 22.5. The predicted octanol–water partition coefficient (Wildman–Crippen LogP) is 0.829. The first-order valence-corrected chi connectivity index (χ1v) is 11.2. The summed E-state index contributed by atoms with van der Waals surface area (Å²) in [6.45, 7) is 10.6. The summed E-state index contributed by atoms with van der Waals surface area (Å²) >= 11 is 0. The molecule has 0 spiro atoms. The van der Waals surface area contributed by atoms with Gasteiger partial charge in [0.05, 0.1) is 26.4 Å². The van der Waals surface area contributed by atoms with Gasteiger partial charge in [0.2, 0.25) is 0 Å². The summed E-state index contributed by atoms with van der Waals surface area (Å²) in [4.78, 5) is 12.4. The number of ether oxygens (including phenoxy) is 3. The molecule has 0 radical (unpaired) electrons. The Bertz CT molecular complexity index is 476. The Balaban J connectivity index is 2.19. The number of aliphatic hydroxyl groups excluding tert-OH is 2. The van der Waals surface area contributed by atoms with Gasteiger partial charge in [-0.3, -0.25) is 0 Å². The van der Waals surface area contributed by atoms with E-state index >= 15 is 0 Å². The lowest BCUT2D eigenvalue weighted by Crippen LogP contribution is -2.52. The summed E-state index contributed by atoms with van der Waals surface area (Å²) in [5, 5.41) is 19.9. The van der Waals surface area contributed by atoms with Crippen LogP contribution in [-0.4, -0.2) is 74.8 Å². The molecule has 8 heteroatoms. The van der Waals surface area contributed by atoms with Crippen LogP contribution in [0.5, 0.6) is 0 Å². The third-order valence-electron chi connectivity index (χ3n) is 5.50. The number of carbonyl (C=O) groups is 1. The minimum Gasteiger partial charge on any atom is -0.467 e. The molecule has 0 aromatic rings. The fraction of sp³-hybridized carbons (Fsp3) is 0.938. The van der Waals surface area contributed by atoms with Gasteiger partial charge in [-0.1, -0.05) is 20.8 Å². The highest BCUT2D eigenvalue weighted by molar-refractivity contribution is 6.74. The summed E-state index contributed by atoms with van der Waals surface area (Å²) in [6.07, 6.45) is -3.12. The molecule has 2 fully saturated rings. The lowest BCUT2D eigenvalue weighted by atomic mass is 9.95. The maximum absolute atomic E-state index is 12.4. The lowest BCUT2D eigenvalue weighted by Gasteiger charge is -2.39.